The summed E-state index contributed by atoms with van der Waals surface area (Å²) in [5, 5.41) is 5.68. The van der Waals surface area contributed by atoms with Crippen molar-refractivity contribution in [2.75, 3.05) is 12.4 Å². The summed E-state index contributed by atoms with van der Waals surface area (Å²) in [5.41, 5.74) is 0.709. The maximum Gasteiger partial charge on any atom is 0.171 e. The number of halogens is 2. The van der Waals surface area contributed by atoms with E-state index in [1.165, 1.54) is 18.2 Å². The molecule has 6 heteroatoms. The van der Waals surface area contributed by atoms with Crippen LogP contribution in [0.25, 0.3) is 0 Å². The van der Waals surface area contributed by atoms with E-state index in [1.807, 2.05) is 31.2 Å². The molecule has 0 amide bonds. The molecule has 0 aromatic heterocycles. The number of nitrogens with one attached hydrogen (secondary N) is 2. The Hall–Kier alpha value is -2.21. The van der Waals surface area contributed by atoms with Crippen molar-refractivity contribution >= 4 is 23.0 Å². The van der Waals surface area contributed by atoms with Crippen LogP contribution >= 0.6 is 12.2 Å². The quantitative estimate of drug-likeness (QED) is 0.833. The van der Waals surface area contributed by atoms with E-state index >= 15 is 0 Å². The van der Waals surface area contributed by atoms with E-state index in [1.54, 1.807) is 7.11 Å². The highest BCUT2D eigenvalue weighted by Crippen LogP contribution is 2.20. The first-order valence-electron chi connectivity index (χ1n) is 6.66. The summed E-state index contributed by atoms with van der Waals surface area (Å²) in [6.45, 7) is 1.90. The van der Waals surface area contributed by atoms with Gasteiger partial charge in [-0.25, -0.2) is 8.78 Å². The Morgan fingerprint density at radius 2 is 1.68 bits per heavy atom. The van der Waals surface area contributed by atoms with Gasteiger partial charge in [-0.2, -0.15) is 0 Å². The highest BCUT2D eigenvalue weighted by molar-refractivity contribution is 7.80. The van der Waals surface area contributed by atoms with Crippen molar-refractivity contribution in [3.63, 3.8) is 0 Å². The maximum atomic E-state index is 13.6. The number of thiocarbonyl (C=S) groups is 1. The van der Waals surface area contributed by atoms with Gasteiger partial charge in [0.1, 0.15) is 23.1 Å². The number of hydrogen-bond donors (Lipinski definition) is 2. The van der Waals surface area contributed by atoms with E-state index in [4.69, 9.17) is 17.0 Å². The molecule has 0 saturated carbocycles. The third kappa shape index (κ3) is 3.92. The second kappa shape index (κ2) is 7.17. The molecule has 0 saturated heterocycles. The first kappa shape index (κ1) is 16.2. The van der Waals surface area contributed by atoms with Gasteiger partial charge in [0.2, 0.25) is 0 Å². The SMILES string of the molecule is COc1ccc([C@H](C)NC(=S)Nc2c(F)cccc2F)cc1. The summed E-state index contributed by atoms with van der Waals surface area (Å²) >= 11 is 5.10. The van der Waals surface area contributed by atoms with Crippen LogP contribution in [0.4, 0.5) is 14.5 Å². The normalized spacial score (nSPS) is 11.6. The fourth-order valence-corrected chi connectivity index (χ4v) is 2.22. The lowest BCUT2D eigenvalue weighted by molar-refractivity contribution is 0.414. The summed E-state index contributed by atoms with van der Waals surface area (Å²) < 4.78 is 32.2. The average Bonchev–Trinajstić information content (AvgIpc) is 2.51. The van der Waals surface area contributed by atoms with Gasteiger partial charge in [0.25, 0.3) is 0 Å². The Morgan fingerprint density at radius 1 is 1.09 bits per heavy atom. The molecule has 0 aliphatic heterocycles. The van der Waals surface area contributed by atoms with Crippen LogP contribution in [-0.4, -0.2) is 12.2 Å². The molecule has 2 aromatic rings. The Labute approximate surface area is 133 Å². The van der Waals surface area contributed by atoms with E-state index in [2.05, 4.69) is 10.6 Å². The molecule has 0 fully saturated rings. The number of ether oxygens (including phenoxy) is 1. The predicted molar refractivity (Wildman–Crippen MR) is 87.1 cm³/mol. The Kier molecular flexibility index (Phi) is 5.27. The summed E-state index contributed by atoms with van der Waals surface area (Å²) in [7, 11) is 1.60. The van der Waals surface area contributed by atoms with Crippen LogP contribution in [0.15, 0.2) is 42.5 Å². The molecule has 0 spiro atoms. The highest BCUT2D eigenvalue weighted by Gasteiger charge is 2.12. The second-order valence-corrected chi connectivity index (χ2v) is 5.10. The minimum atomic E-state index is -0.693. The van der Waals surface area contributed by atoms with Crippen LogP contribution in [0.5, 0.6) is 5.75 Å². The number of hydrogen-bond acceptors (Lipinski definition) is 2. The molecule has 0 aliphatic carbocycles. The summed E-state index contributed by atoms with van der Waals surface area (Å²) in [6.07, 6.45) is 0. The van der Waals surface area contributed by atoms with Gasteiger partial charge in [-0.05, 0) is 49.0 Å². The molecule has 116 valence electrons. The fourth-order valence-electron chi connectivity index (χ4n) is 1.94. The van der Waals surface area contributed by atoms with Gasteiger partial charge in [0.05, 0.1) is 13.2 Å². The molecule has 1 atom stereocenters. The van der Waals surface area contributed by atoms with E-state index in [0.717, 1.165) is 11.3 Å². The molecule has 0 radical (unpaired) electrons. The standard InChI is InChI=1S/C16H16F2N2OS/c1-10(11-6-8-12(21-2)9-7-11)19-16(22)20-15-13(17)4-3-5-14(15)18/h3-10H,1-2H3,(H2,19,20,22)/t10-/m0/s1. The number of para-hydroxylation sites is 1. The number of benzene rings is 2. The first-order chi connectivity index (χ1) is 10.5. The molecular weight excluding hydrogens is 306 g/mol. The van der Waals surface area contributed by atoms with Gasteiger partial charge in [-0.1, -0.05) is 18.2 Å². The Balaban J connectivity index is 2.01. The van der Waals surface area contributed by atoms with Gasteiger partial charge in [0, 0.05) is 0 Å². The second-order valence-electron chi connectivity index (χ2n) is 4.69. The van der Waals surface area contributed by atoms with Crippen molar-refractivity contribution in [3.05, 3.63) is 59.7 Å². The molecule has 0 aliphatic rings. The van der Waals surface area contributed by atoms with Gasteiger partial charge >= 0.3 is 0 Å². The summed E-state index contributed by atoms with van der Waals surface area (Å²) in [4.78, 5) is 0. The monoisotopic (exact) mass is 322 g/mol. The van der Waals surface area contributed by atoms with Gasteiger partial charge < -0.3 is 15.4 Å². The predicted octanol–water partition coefficient (Wildman–Crippen LogP) is 4.02. The minimum Gasteiger partial charge on any atom is -0.497 e. The van der Waals surface area contributed by atoms with Crippen molar-refractivity contribution in [3.8, 4) is 5.75 Å². The maximum absolute atomic E-state index is 13.6. The van der Waals surface area contributed by atoms with Gasteiger partial charge in [0.15, 0.2) is 5.11 Å². The zero-order chi connectivity index (χ0) is 16.1. The molecular formula is C16H16F2N2OS. The number of methoxy groups -OCH3 is 1. The van der Waals surface area contributed by atoms with E-state index in [9.17, 15) is 8.78 Å². The highest BCUT2D eigenvalue weighted by atomic mass is 32.1. The van der Waals surface area contributed by atoms with Crippen molar-refractivity contribution in [1.82, 2.24) is 5.32 Å². The topological polar surface area (TPSA) is 33.3 Å². The molecule has 2 aromatic carbocycles. The van der Waals surface area contributed by atoms with Crippen molar-refractivity contribution in [2.45, 2.75) is 13.0 Å². The summed E-state index contributed by atoms with van der Waals surface area (Å²) in [6, 6.07) is 11.0. The van der Waals surface area contributed by atoms with Crippen molar-refractivity contribution in [1.29, 1.82) is 0 Å². The molecule has 0 unspecified atom stereocenters. The van der Waals surface area contributed by atoms with E-state index < -0.39 is 11.6 Å². The lowest BCUT2D eigenvalue weighted by Gasteiger charge is -2.18. The van der Waals surface area contributed by atoms with Crippen molar-refractivity contribution in [2.24, 2.45) is 0 Å². The lowest BCUT2D eigenvalue weighted by atomic mass is 10.1. The molecule has 2 rings (SSSR count). The molecule has 2 N–H and O–H groups in total. The number of rotatable bonds is 4. The minimum absolute atomic E-state index is 0.124. The third-order valence-electron chi connectivity index (χ3n) is 3.16. The molecule has 0 heterocycles. The first-order valence-corrected chi connectivity index (χ1v) is 7.07. The van der Waals surface area contributed by atoms with E-state index in [0.29, 0.717) is 0 Å². The molecule has 0 bridgehead atoms. The smallest absolute Gasteiger partial charge is 0.171 e. The molecule has 22 heavy (non-hydrogen) atoms. The largest absolute Gasteiger partial charge is 0.497 e. The Bertz CT molecular complexity index is 641. The zero-order valence-electron chi connectivity index (χ0n) is 12.2. The molecule has 3 nitrogen and oxygen atoms in total. The van der Waals surface area contributed by atoms with Crippen LogP contribution in [0.1, 0.15) is 18.5 Å². The average molecular weight is 322 g/mol. The van der Waals surface area contributed by atoms with Crippen LogP contribution < -0.4 is 15.4 Å². The van der Waals surface area contributed by atoms with Crippen LogP contribution in [-0.2, 0) is 0 Å². The van der Waals surface area contributed by atoms with Crippen LogP contribution in [0, 0.1) is 11.6 Å². The van der Waals surface area contributed by atoms with Crippen LogP contribution in [0.2, 0.25) is 0 Å². The van der Waals surface area contributed by atoms with Crippen LogP contribution in [0.3, 0.4) is 0 Å². The van der Waals surface area contributed by atoms with Gasteiger partial charge in [-0.3, -0.25) is 0 Å². The summed E-state index contributed by atoms with van der Waals surface area (Å²) in [5.74, 6) is -0.632. The zero-order valence-corrected chi connectivity index (χ0v) is 13.0. The van der Waals surface area contributed by atoms with Gasteiger partial charge in [-0.15, -0.1) is 0 Å². The number of anilines is 1. The fraction of sp³-hybridized carbons (Fsp3) is 0.188. The Morgan fingerprint density at radius 3 is 2.23 bits per heavy atom. The van der Waals surface area contributed by atoms with Crippen molar-refractivity contribution < 1.29 is 13.5 Å². The lowest BCUT2D eigenvalue weighted by Crippen LogP contribution is -2.31. The van der Waals surface area contributed by atoms with E-state index in [-0.39, 0.29) is 16.8 Å². The third-order valence-corrected chi connectivity index (χ3v) is 3.38.